The van der Waals surface area contributed by atoms with Gasteiger partial charge in [0.2, 0.25) is 0 Å². The van der Waals surface area contributed by atoms with Gasteiger partial charge in [-0.3, -0.25) is 9.59 Å². The number of ketones is 1. The molecule has 2 N–H and O–H groups in total. The van der Waals surface area contributed by atoms with Crippen LogP contribution in [0.2, 0.25) is 0 Å². The molecule has 1 atom stereocenters. The molecule has 0 amide bonds. The van der Waals surface area contributed by atoms with E-state index in [1.807, 2.05) is 0 Å². The van der Waals surface area contributed by atoms with Crippen LogP contribution in [0, 0.1) is 0 Å². The number of hydrogen-bond acceptors (Lipinski definition) is 3. The monoisotopic (exact) mass is 171 g/mol. The topological polar surface area (TPSA) is 66.4 Å². The van der Waals surface area contributed by atoms with Crippen molar-refractivity contribution in [3.63, 3.8) is 0 Å². The Hall–Kier alpha value is -1.16. The number of carboxylic acids is 1. The predicted molar refractivity (Wildman–Crippen MR) is 44.9 cm³/mol. The fourth-order valence-corrected chi connectivity index (χ4v) is 0.601. The average Bonchev–Trinajstić information content (AvgIpc) is 2.03. The Labute approximate surface area is 71.3 Å². The van der Waals surface area contributed by atoms with Crippen LogP contribution in [0.4, 0.5) is 0 Å². The summed E-state index contributed by atoms with van der Waals surface area (Å²) in [5.41, 5.74) is 0. The lowest BCUT2D eigenvalue weighted by atomic mass is 10.2. The van der Waals surface area contributed by atoms with Gasteiger partial charge in [0.15, 0.2) is 5.78 Å². The summed E-state index contributed by atoms with van der Waals surface area (Å²) in [6, 6.07) is -0.609. The van der Waals surface area contributed by atoms with E-state index in [-0.39, 0.29) is 5.78 Å². The molecule has 0 saturated carbocycles. The first kappa shape index (κ1) is 10.8. The van der Waals surface area contributed by atoms with Crippen molar-refractivity contribution in [3.05, 3.63) is 12.7 Å². The maximum absolute atomic E-state index is 10.7. The first-order valence-electron chi connectivity index (χ1n) is 3.69. The van der Waals surface area contributed by atoms with E-state index >= 15 is 0 Å². The molecule has 68 valence electrons. The van der Waals surface area contributed by atoms with E-state index in [2.05, 4.69) is 11.9 Å². The van der Waals surface area contributed by atoms with Crippen LogP contribution in [0.3, 0.4) is 0 Å². The highest BCUT2D eigenvalue weighted by molar-refractivity contribution is 5.89. The van der Waals surface area contributed by atoms with Gasteiger partial charge in [-0.05, 0) is 13.0 Å². The third-order valence-corrected chi connectivity index (χ3v) is 1.42. The molecule has 0 aromatic rings. The molecular weight excluding hydrogens is 158 g/mol. The van der Waals surface area contributed by atoms with Crippen LogP contribution in [0.15, 0.2) is 12.7 Å². The van der Waals surface area contributed by atoms with Crippen molar-refractivity contribution in [2.75, 3.05) is 6.54 Å². The first-order chi connectivity index (χ1) is 5.57. The summed E-state index contributed by atoms with van der Waals surface area (Å²) in [6.07, 6.45) is 1.52. The zero-order valence-corrected chi connectivity index (χ0v) is 7.04. The molecule has 0 aromatic carbocycles. The standard InChI is InChI=1S/C8H13NO3/c1-3-7(10)4-5-9-6(2)8(11)12/h3,6,9H,1,4-5H2,2H3,(H,11,12)/t6-/m0/s1. The van der Waals surface area contributed by atoms with Gasteiger partial charge in [-0.1, -0.05) is 6.58 Å². The van der Waals surface area contributed by atoms with Crippen LogP contribution in [0.5, 0.6) is 0 Å². The van der Waals surface area contributed by atoms with Crippen LogP contribution in [0.1, 0.15) is 13.3 Å². The average molecular weight is 171 g/mol. The number of carbonyl (C=O) groups is 2. The molecule has 0 aromatic heterocycles. The molecular formula is C8H13NO3. The Balaban J connectivity index is 3.49. The lowest BCUT2D eigenvalue weighted by Gasteiger charge is -2.06. The number of aliphatic carboxylic acids is 1. The maximum Gasteiger partial charge on any atom is 0.320 e. The number of rotatable bonds is 6. The van der Waals surface area contributed by atoms with Gasteiger partial charge in [0.05, 0.1) is 0 Å². The fourth-order valence-electron chi connectivity index (χ4n) is 0.601. The predicted octanol–water partition coefficient (Wildman–Crippen LogP) is 0.194. The first-order valence-corrected chi connectivity index (χ1v) is 3.69. The van der Waals surface area contributed by atoms with Gasteiger partial charge in [0, 0.05) is 13.0 Å². The van der Waals surface area contributed by atoms with Crippen molar-refractivity contribution < 1.29 is 14.7 Å². The summed E-state index contributed by atoms with van der Waals surface area (Å²) in [5, 5.41) is 11.1. The summed E-state index contributed by atoms with van der Waals surface area (Å²) in [4.78, 5) is 20.9. The summed E-state index contributed by atoms with van der Waals surface area (Å²) in [7, 11) is 0. The molecule has 0 radical (unpaired) electrons. The highest BCUT2D eigenvalue weighted by Crippen LogP contribution is 1.85. The van der Waals surface area contributed by atoms with Gasteiger partial charge in [-0.25, -0.2) is 0 Å². The number of allylic oxidation sites excluding steroid dienone is 1. The van der Waals surface area contributed by atoms with Crippen molar-refractivity contribution >= 4 is 11.8 Å². The lowest BCUT2D eigenvalue weighted by Crippen LogP contribution is -2.34. The largest absolute Gasteiger partial charge is 0.480 e. The second-order valence-corrected chi connectivity index (χ2v) is 2.43. The minimum Gasteiger partial charge on any atom is -0.480 e. The molecule has 0 fully saturated rings. The van der Waals surface area contributed by atoms with Gasteiger partial charge in [0.1, 0.15) is 6.04 Å². The van der Waals surface area contributed by atoms with Crippen LogP contribution in [-0.4, -0.2) is 29.4 Å². The fraction of sp³-hybridized carbons (Fsp3) is 0.500. The smallest absolute Gasteiger partial charge is 0.320 e. The Morgan fingerprint density at radius 2 is 2.25 bits per heavy atom. The van der Waals surface area contributed by atoms with Gasteiger partial charge in [-0.15, -0.1) is 0 Å². The van der Waals surface area contributed by atoms with E-state index in [0.29, 0.717) is 13.0 Å². The maximum atomic E-state index is 10.7. The molecule has 12 heavy (non-hydrogen) atoms. The summed E-state index contributed by atoms with van der Waals surface area (Å²) < 4.78 is 0. The van der Waals surface area contributed by atoms with Crippen molar-refractivity contribution in [1.82, 2.24) is 5.32 Å². The Kier molecular flexibility index (Phi) is 4.96. The number of nitrogens with one attached hydrogen (secondary N) is 1. The minimum atomic E-state index is -0.916. The molecule has 0 unspecified atom stereocenters. The SMILES string of the molecule is C=CC(=O)CCN[C@@H](C)C(=O)O. The van der Waals surface area contributed by atoms with Crippen LogP contribution < -0.4 is 5.32 Å². The van der Waals surface area contributed by atoms with Crippen molar-refractivity contribution in [2.45, 2.75) is 19.4 Å². The molecule has 4 heteroatoms. The van der Waals surface area contributed by atoms with E-state index in [1.54, 1.807) is 0 Å². The number of carboxylic acid groups (broad SMARTS) is 1. The van der Waals surface area contributed by atoms with Crippen molar-refractivity contribution in [3.8, 4) is 0 Å². The summed E-state index contributed by atoms with van der Waals surface area (Å²) >= 11 is 0. The molecule has 0 aliphatic carbocycles. The lowest BCUT2D eigenvalue weighted by molar-refractivity contribution is -0.139. The van der Waals surface area contributed by atoms with Crippen LogP contribution >= 0.6 is 0 Å². The van der Waals surface area contributed by atoms with Crippen molar-refractivity contribution in [2.24, 2.45) is 0 Å². The number of carbonyl (C=O) groups excluding carboxylic acids is 1. The van der Waals surface area contributed by atoms with Gasteiger partial charge in [0.25, 0.3) is 0 Å². The van der Waals surface area contributed by atoms with E-state index < -0.39 is 12.0 Å². The van der Waals surface area contributed by atoms with E-state index in [9.17, 15) is 9.59 Å². The molecule has 0 rings (SSSR count). The number of hydrogen-bond donors (Lipinski definition) is 2. The van der Waals surface area contributed by atoms with Crippen LogP contribution in [-0.2, 0) is 9.59 Å². The zero-order chi connectivity index (χ0) is 9.56. The molecule has 0 spiro atoms. The van der Waals surface area contributed by atoms with Crippen LogP contribution in [0.25, 0.3) is 0 Å². The molecule has 0 aliphatic heterocycles. The molecule has 0 heterocycles. The minimum absolute atomic E-state index is 0.0833. The second-order valence-electron chi connectivity index (χ2n) is 2.43. The van der Waals surface area contributed by atoms with E-state index in [4.69, 9.17) is 5.11 Å². The van der Waals surface area contributed by atoms with Gasteiger partial charge < -0.3 is 10.4 Å². The van der Waals surface area contributed by atoms with Gasteiger partial charge >= 0.3 is 5.97 Å². The molecule has 0 bridgehead atoms. The highest BCUT2D eigenvalue weighted by Gasteiger charge is 2.08. The normalized spacial score (nSPS) is 12.1. The molecule has 0 aliphatic rings. The zero-order valence-electron chi connectivity index (χ0n) is 7.04. The van der Waals surface area contributed by atoms with E-state index in [0.717, 1.165) is 0 Å². The molecule has 4 nitrogen and oxygen atoms in total. The second kappa shape index (κ2) is 5.49. The third-order valence-electron chi connectivity index (χ3n) is 1.42. The Morgan fingerprint density at radius 1 is 1.67 bits per heavy atom. The summed E-state index contributed by atoms with van der Waals surface area (Å²) in [6.45, 7) is 5.20. The quantitative estimate of drug-likeness (QED) is 0.560. The van der Waals surface area contributed by atoms with Gasteiger partial charge in [-0.2, -0.15) is 0 Å². The summed E-state index contributed by atoms with van der Waals surface area (Å²) in [5.74, 6) is -0.999. The highest BCUT2D eigenvalue weighted by atomic mass is 16.4. The molecule has 0 saturated heterocycles. The third kappa shape index (κ3) is 4.62. The van der Waals surface area contributed by atoms with Crippen molar-refractivity contribution in [1.29, 1.82) is 0 Å². The van der Waals surface area contributed by atoms with E-state index in [1.165, 1.54) is 13.0 Å². The Bertz CT molecular complexity index is 189. The Morgan fingerprint density at radius 3 is 2.67 bits per heavy atom.